The molecule has 0 saturated carbocycles. The van der Waals surface area contributed by atoms with Crippen LogP contribution in [0.15, 0.2) is 18.3 Å². The second-order valence-corrected chi connectivity index (χ2v) is 3.44. The van der Waals surface area contributed by atoms with Gasteiger partial charge in [0.05, 0.1) is 5.56 Å². The van der Waals surface area contributed by atoms with Gasteiger partial charge in [-0.2, -0.15) is 13.2 Å². The van der Waals surface area contributed by atoms with E-state index >= 15 is 0 Å². The molecule has 1 unspecified atom stereocenters. The normalized spacial score (nSPS) is 13.7. The molecule has 0 aromatic carbocycles. The average Bonchev–Trinajstić information content (AvgIpc) is 2.17. The molecular weight excluding hydrogens is 229 g/mol. The van der Waals surface area contributed by atoms with E-state index in [1.807, 2.05) is 6.92 Å². The van der Waals surface area contributed by atoms with Gasteiger partial charge in [0, 0.05) is 18.1 Å². The zero-order valence-corrected chi connectivity index (χ0v) is 8.73. The Balaban J connectivity index is 2.73. The lowest BCUT2D eigenvalue weighted by atomic mass is 10.2. The molecule has 1 heterocycles. The van der Waals surface area contributed by atoms with E-state index in [-0.39, 0.29) is 6.04 Å². The molecule has 1 N–H and O–H groups in total. The zero-order valence-electron chi connectivity index (χ0n) is 7.98. The van der Waals surface area contributed by atoms with Gasteiger partial charge in [0.15, 0.2) is 0 Å². The Morgan fingerprint density at radius 2 is 2.13 bits per heavy atom. The van der Waals surface area contributed by atoms with Gasteiger partial charge in [0.1, 0.15) is 5.82 Å². The van der Waals surface area contributed by atoms with Crippen LogP contribution in [0.5, 0.6) is 0 Å². The fourth-order valence-electron chi connectivity index (χ4n) is 0.938. The molecule has 0 spiro atoms. The van der Waals surface area contributed by atoms with Crippen molar-refractivity contribution < 1.29 is 13.2 Å². The Morgan fingerprint density at radius 3 is 2.53 bits per heavy atom. The fourth-order valence-corrected chi connectivity index (χ4v) is 1.02. The Hall–Kier alpha value is -0.970. The van der Waals surface area contributed by atoms with Crippen LogP contribution >= 0.6 is 11.6 Å². The van der Waals surface area contributed by atoms with E-state index in [4.69, 9.17) is 11.6 Å². The molecule has 1 aromatic rings. The van der Waals surface area contributed by atoms with E-state index in [0.717, 1.165) is 12.3 Å². The predicted octanol–water partition coefficient (Wildman–Crippen LogP) is 3.14. The minimum Gasteiger partial charge on any atom is -0.366 e. The third-order valence-corrected chi connectivity index (χ3v) is 2.18. The first-order chi connectivity index (χ1) is 6.93. The van der Waals surface area contributed by atoms with Crippen LogP contribution < -0.4 is 5.32 Å². The molecule has 0 amide bonds. The number of halogens is 4. The molecule has 2 nitrogen and oxygen atoms in total. The van der Waals surface area contributed by atoms with Gasteiger partial charge in [-0.3, -0.25) is 0 Å². The van der Waals surface area contributed by atoms with Gasteiger partial charge in [-0.25, -0.2) is 4.98 Å². The topological polar surface area (TPSA) is 24.9 Å². The molecule has 0 aliphatic carbocycles. The molecule has 0 fully saturated rings. The van der Waals surface area contributed by atoms with Crippen LogP contribution in [-0.4, -0.2) is 16.9 Å². The second-order valence-electron chi connectivity index (χ2n) is 3.13. The summed E-state index contributed by atoms with van der Waals surface area (Å²) in [5, 5.41) is 2.86. The molecule has 0 aliphatic heterocycles. The van der Waals surface area contributed by atoms with E-state index < -0.39 is 11.7 Å². The lowest BCUT2D eigenvalue weighted by Gasteiger charge is -2.12. The summed E-state index contributed by atoms with van der Waals surface area (Å²) in [4.78, 5) is 3.64. The number of hydrogen-bond donors (Lipinski definition) is 1. The first kappa shape index (κ1) is 12.1. The first-order valence-electron chi connectivity index (χ1n) is 4.29. The molecule has 0 aliphatic rings. The Kier molecular flexibility index (Phi) is 3.79. The van der Waals surface area contributed by atoms with Crippen molar-refractivity contribution in [2.45, 2.75) is 19.1 Å². The standard InChI is InChI=1S/C9H10ClF3N2/c1-6(4-10)15-8-3-2-7(5-14-8)9(11,12)13/h2-3,5-6H,4H2,1H3,(H,14,15). The van der Waals surface area contributed by atoms with Crippen LogP contribution in [0.4, 0.5) is 19.0 Å². The molecule has 6 heteroatoms. The first-order valence-corrected chi connectivity index (χ1v) is 4.82. The fraction of sp³-hybridized carbons (Fsp3) is 0.444. The number of aromatic nitrogens is 1. The molecule has 1 aromatic heterocycles. The van der Waals surface area contributed by atoms with Gasteiger partial charge in [-0.1, -0.05) is 0 Å². The van der Waals surface area contributed by atoms with Crippen molar-refractivity contribution >= 4 is 17.4 Å². The van der Waals surface area contributed by atoms with E-state index in [9.17, 15) is 13.2 Å². The van der Waals surface area contributed by atoms with Crippen LogP contribution in [0.2, 0.25) is 0 Å². The van der Waals surface area contributed by atoms with Crippen LogP contribution in [0.3, 0.4) is 0 Å². The van der Waals surface area contributed by atoms with E-state index in [0.29, 0.717) is 11.7 Å². The van der Waals surface area contributed by atoms with Crippen molar-refractivity contribution in [1.29, 1.82) is 0 Å². The number of anilines is 1. The lowest BCUT2D eigenvalue weighted by molar-refractivity contribution is -0.137. The smallest absolute Gasteiger partial charge is 0.366 e. The summed E-state index contributed by atoms with van der Waals surface area (Å²) in [5.41, 5.74) is -0.758. The number of nitrogens with zero attached hydrogens (tertiary/aromatic N) is 1. The van der Waals surface area contributed by atoms with Crippen LogP contribution in [0.1, 0.15) is 12.5 Å². The van der Waals surface area contributed by atoms with Crippen molar-refractivity contribution in [3.63, 3.8) is 0 Å². The van der Waals surface area contributed by atoms with Gasteiger partial charge in [0.2, 0.25) is 0 Å². The summed E-state index contributed by atoms with van der Waals surface area (Å²) in [5.74, 6) is 0.749. The van der Waals surface area contributed by atoms with Crippen molar-refractivity contribution in [3.8, 4) is 0 Å². The minimum absolute atomic E-state index is 0.0316. The number of nitrogens with one attached hydrogen (secondary N) is 1. The number of alkyl halides is 4. The molecule has 0 radical (unpaired) electrons. The van der Waals surface area contributed by atoms with Crippen LogP contribution in [-0.2, 0) is 6.18 Å². The molecule has 1 atom stereocenters. The maximum atomic E-state index is 12.2. The maximum Gasteiger partial charge on any atom is 0.417 e. The highest BCUT2D eigenvalue weighted by Crippen LogP contribution is 2.28. The van der Waals surface area contributed by atoms with Crippen LogP contribution in [0, 0.1) is 0 Å². The van der Waals surface area contributed by atoms with Crippen molar-refractivity contribution in [2.75, 3.05) is 11.2 Å². The van der Waals surface area contributed by atoms with Gasteiger partial charge >= 0.3 is 6.18 Å². The third kappa shape index (κ3) is 3.58. The van der Waals surface area contributed by atoms with Crippen molar-refractivity contribution in [2.24, 2.45) is 0 Å². The quantitative estimate of drug-likeness (QED) is 0.819. The van der Waals surface area contributed by atoms with Gasteiger partial charge in [-0.05, 0) is 19.1 Å². The lowest BCUT2D eigenvalue weighted by Crippen LogP contribution is -2.17. The minimum atomic E-state index is -4.34. The summed E-state index contributed by atoms with van der Waals surface area (Å²) in [6, 6.07) is 2.23. The molecular formula is C9H10ClF3N2. The summed E-state index contributed by atoms with van der Waals surface area (Å²) in [6.45, 7) is 1.81. The van der Waals surface area contributed by atoms with E-state index in [1.165, 1.54) is 6.07 Å². The molecule has 1 rings (SSSR count). The Morgan fingerprint density at radius 1 is 1.47 bits per heavy atom. The predicted molar refractivity (Wildman–Crippen MR) is 53.0 cm³/mol. The summed E-state index contributed by atoms with van der Waals surface area (Å²) in [7, 11) is 0. The highest BCUT2D eigenvalue weighted by molar-refractivity contribution is 6.18. The average molecular weight is 239 g/mol. The summed E-state index contributed by atoms with van der Waals surface area (Å²) >= 11 is 5.54. The molecule has 84 valence electrons. The largest absolute Gasteiger partial charge is 0.417 e. The van der Waals surface area contributed by atoms with Crippen molar-refractivity contribution in [3.05, 3.63) is 23.9 Å². The zero-order chi connectivity index (χ0) is 11.5. The van der Waals surface area contributed by atoms with E-state index in [2.05, 4.69) is 10.3 Å². The number of rotatable bonds is 3. The monoisotopic (exact) mass is 238 g/mol. The van der Waals surface area contributed by atoms with Gasteiger partial charge < -0.3 is 5.32 Å². The third-order valence-electron chi connectivity index (χ3n) is 1.72. The summed E-state index contributed by atoms with van der Waals surface area (Å²) in [6.07, 6.45) is -3.55. The number of hydrogen-bond acceptors (Lipinski definition) is 2. The Labute approximate surface area is 90.5 Å². The number of pyridine rings is 1. The van der Waals surface area contributed by atoms with Crippen LogP contribution in [0.25, 0.3) is 0 Å². The highest BCUT2D eigenvalue weighted by atomic mass is 35.5. The highest BCUT2D eigenvalue weighted by Gasteiger charge is 2.30. The van der Waals surface area contributed by atoms with Gasteiger partial charge in [0.25, 0.3) is 0 Å². The van der Waals surface area contributed by atoms with Crippen molar-refractivity contribution in [1.82, 2.24) is 4.98 Å². The summed E-state index contributed by atoms with van der Waals surface area (Å²) < 4.78 is 36.5. The molecule has 15 heavy (non-hydrogen) atoms. The van der Waals surface area contributed by atoms with Gasteiger partial charge in [-0.15, -0.1) is 11.6 Å². The molecule has 0 bridgehead atoms. The maximum absolute atomic E-state index is 12.2. The Bertz CT molecular complexity index is 310. The second kappa shape index (κ2) is 4.70. The SMILES string of the molecule is CC(CCl)Nc1ccc(C(F)(F)F)cn1. The molecule has 0 saturated heterocycles. The van der Waals surface area contributed by atoms with E-state index in [1.54, 1.807) is 0 Å².